The molecule has 164 valence electrons. The van der Waals surface area contributed by atoms with Crippen molar-refractivity contribution in [3.63, 3.8) is 0 Å². The Kier molecular flexibility index (Phi) is 5.32. The number of nitrogens with zero attached hydrogens (tertiary/aromatic N) is 3. The van der Waals surface area contributed by atoms with E-state index in [9.17, 15) is 9.59 Å². The number of benzene rings is 2. The number of likely N-dealkylation sites (N-methyl/N-ethyl adjacent to an activating group) is 1. The minimum Gasteiger partial charge on any atom is -0.489 e. The molecule has 0 saturated carbocycles. The Hall–Kier alpha value is -4.46. The van der Waals surface area contributed by atoms with Crippen molar-refractivity contribution in [3.8, 4) is 17.2 Å². The summed E-state index contributed by atoms with van der Waals surface area (Å²) in [5, 5.41) is 3.54. The molecule has 1 aliphatic heterocycles. The second-order valence-corrected chi connectivity index (χ2v) is 7.51. The molecule has 0 fully saturated rings. The molecule has 0 spiro atoms. The van der Waals surface area contributed by atoms with Crippen LogP contribution in [0.4, 0.5) is 5.69 Å². The molecule has 1 N–H and O–H groups in total. The molecule has 33 heavy (non-hydrogen) atoms. The molecular weight excluding hydrogens is 420 g/mol. The maximum absolute atomic E-state index is 13.2. The van der Waals surface area contributed by atoms with Crippen LogP contribution < -0.4 is 19.7 Å². The number of hydrogen-bond acceptors (Lipinski definition) is 6. The SMILES string of the molecule is CN1C(=O)C(NC(=O)c2cc(Oc3ccccc3)ccn2)COc2ccc3ncccc3c21. The third-order valence-electron chi connectivity index (χ3n) is 5.34. The quantitative estimate of drug-likeness (QED) is 0.521. The number of nitrogens with one attached hydrogen (secondary N) is 1. The van der Waals surface area contributed by atoms with Gasteiger partial charge in [0, 0.05) is 30.9 Å². The van der Waals surface area contributed by atoms with E-state index >= 15 is 0 Å². The van der Waals surface area contributed by atoms with Crippen LogP contribution in [-0.2, 0) is 4.79 Å². The largest absolute Gasteiger partial charge is 0.489 e. The maximum atomic E-state index is 13.2. The number of ether oxygens (including phenoxy) is 2. The summed E-state index contributed by atoms with van der Waals surface area (Å²) in [6.07, 6.45) is 3.18. The molecular formula is C25H20N4O4. The Bertz CT molecular complexity index is 1340. The van der Waals surface area contributed by atoms with Gasteiger partial charge in [0.1, 0.15) is 35.6 Å². The predicted octanol–water partition coefficient (Wildman–Crippen LogP) is 3.58. The van der Waals surface area contributed by atoms with E-state index in [0.717, 1.165) is 10.9 Å². The van der Waals surface area contributed by atoms with Crippen LogP contribution in [0.15, 0.2) is 79.1 Å². The number of pyridine rings is 2. The molecule has 0 bridgehead atoms. The molecule has 0 saturated heterocycles. The summed E-state index contributed by atoms with van der Waals surface area (Å²) in [6, 6.07) is 18.8. The van der Waals surface area contributed by atoms with E-state index in [-0.39, 0.29) is 18.2 Å². The lowest BCUT2D eigenvalue weighted by Crippen LogP contribution is -2.49. The average Bonchev–Trinajstić information content (AvgIpc) is 2.97. The molecule has 8 nitrogen and oxygen atoms in total. The van der Waals surface area contributed by atoms with Crippen molar-refractivity contribution in [2.75, 3.05) is 18.6 Å². The smallest absolute Gasteiger partial charge is 0.270 e. The summed E-state index contributed by atoms with van der Waals surface area (Å²) in [4.78, 5) is 36.1. The van der Waals surface area contributed by atoms with Gasteiger partial charge in [-0.1, -0.05) is 18.2 Å². The van der Waals surface area contributed by atoms with Crippen LogP contribution >= 0.6 is 0 Å². The second-order valence-electron chi connectivity index (χ2n) is 7.51. The number of carbonyl (C=O) groups is 2. The fraction of sp³-hybridized carbons (Fsp3) is 0.120. The first kappa shape index (κ1) is 20.4. The highest BCUT2D eigenvalue weighted by molar-refractivity contribution is 6.08. The Labute approximate surface area is 189 Å². The van der Waals surface area contributed by atoms with E-state index in [1.165, 1.54) is 17.2 Å². The highest BCUT2D eigenvalue weighted by Crippen LogP contribution is 2.37. The topological polar surface area (TPSA) is 93.7 Å². The van der Waals surface area contributed by atoms with Gasteiger partial charge in [-0.05, 0) is 42.5 Å². The molecule has 0 aliphatic carbocycles. The maximum Gasteiger partial charge on any atom is 0.270 e. The number of carbonyl (C=O) groups excluding carboxylic acids is 2. The van der Waals surface area contributed by atoms with Crippen molar-refractivity contribution in [2.45, 2.75) is 6.04 Å². The molecule has 2 aromatic heterocycles. The lowest BCUT2D eigenvalue weighted by atomic mass is 10.1. The van der Waals surface area contributed by atoms with E-state index in [1.54, 1.807) is 31.4 Å². The lowest BCUT2D eigenvalue weighted by Gasteiger charge is -2.21. The van der Waals surface area contributed by atoms with Crippen LogP contribution in [0.5, 0.6) is 17.2 Å². The third kappa shape index (κ3) is 4.06. The van der Waals surface area contributed by atoms with Gasteiger partial charge in [-0.15, -0.1) is 0 Å². The lowest BCUT2D eigenvalue weighted by molar-refractivity contribution is -0.120. The molecule has 1 aliphatic rings. The van der Waals surface area contributed by atoms with Crippen LogP contribution in [0, 0.1) is 0 Å². The number of fused-ring (bicyclic) bond motifs is 3. The van der Waals surface area contributed by atoms with Crippen LogP contribution in [-0.4, -0.2) is 41.5 Å². The fourth-order valence-corrected chi connectivity index (χ4v) is 3.73. The zero-order valence-electron chi connectivity index (χ0n) is 17.8. The Morgan fingerprint density at radius 2 is 1.88 bits per heavy atom. The third-order valence-corrected chi connectivity index (χ3v) is 5.34. The molecule has 2 aromatic carbocycles. The Morgan fingerprint density at radius 1 is 1.03 bits per heavy atom. The molecule has 1 unspecified atom stereocenters. The van der Waals surface area contributed by atoms with Crippen molar-refractivity contribution in [1.82, 2.24) is 15.3 Å². The monoisotopic (exact) mass is 440 g/mol. The Morgan fingerprint density at radius 3 is 2.73 bits per heavy atom. The normalized spacial score (nSPS) is 15.4. The second kappa shape index (κ2) is 8.58. The van der Waals surface area contributed by atoms with Crippen molar-refractivity contribution in [3.05, 3.63) is 84.8 Å². The summed E-state index contributed by atoms with van der Waals surface area (Å²) in [6.45, 7) is -0.00606. The van der Waals surface area contributed by atoms with Crippen LogP contribution in [0.3, 0.4) is 0 Å². The van der Waals surface area contributed by atoms with Crippen molar-refractivity contribution in [1.29, 1.82) is 0 Å². The van der Waals surface area contributed by atoms with Gasteiger partial charge >= 0.3 is 0 Å². The molecule has 4 aromatic rings. The molecule has 0 radical (unpaired) electrons. The van der Waals surface area contributed by atoms with E-state index in [4.69, 9.17) is 9.47 Å². The number of amides is 2. The number of rotatable bonds is 4. The van der Waals surface area contributed by atoms with Gasteiger partial charge < -0.3 is 19.7 Å². The molecule has 5 rings (SSSR count). The zero-order valence-corrected chi connectivity index (χ0v) is 17.8. The van der Waals surface area contributed by atoms with Gasteiger partial charge in [-0.25, -0.2) is 0 Å². The minimum absolute atomic E-state index is 0.00606. The van der Waals surface area contributed by atoms with E-state index in [0.29, 0.717) is 22.9 Å². The van der Waals surface area contributed by atoms with Gasteiger partial charge in [0.25, 0.3) is 11.8 Å². The number of para-hydroxylation sites is 1. The van der Waals surface area contributed by atoms with Crippen LogP contribution in [0.25, 0.3) is 10.9 Å². The van der Waals surface area contributed by atoms with E-state index < -0.39 is 11.9 Å². The summed E-state index contributed by atoms with van der Waals surface area (Å²) in [7, 11) is 1.66. The molecule has 3 heterocycles. The van der Waals surface area contributed by atoms with Gasteiger partial charge in [0.05, 0.1) is 11.2 Å². The first-order valence-corrected chi connectivity index (χ1v) is 10.4. The van der Waals surface area contributed by atoms with Gasteiger partial charge in [-0.3, -0.25) is 19.6 Å². The highest BCUT2D eigenvalue weighted by atomic mass is 16.5. The predicted molar refractivity (Wildman–Crippen MR) is 123 cm³/mol. The van der Waals surface area contributed by atoms with Gasteiger partial charge in [-0.2, -0.15) is 0 Å². The van der Waals surface area contributed by atoms with Crippen LogP contribution in [0.2, 0.25) is 0 Å². The van der Waals surface area contributed by atoms with Crippen LogP contribution in [0.1, 0.15) is 10.5 Å². The molecule has 8 heteroatoms. The first-order valence-electron chi connectivity index (χ1n) is 10.4. The molecule has 2 amide bonds. The standard InChI is InChI=1S/C25H20N4O4/c1-29-23-18-8-5-12-26-19(18)9-10-22(23)32-15-21(25(29)31)28-24(30)20-14-17(11-13-27-20)33-16-6-3-2-4-7-16/h2-14,21H,15H2,1H3,(H,28,30). The minimum atomic E-state index is -0.887. The zero-order chi connectivity index (χ0) is 22.8. The van der Waals surface area contributed by atoms with Gasteiger partial charge in [0.2, 0.25) is 0 Å². The summed E-state index contributed by atoms with van der Waals surface area (Å²) >= 11 is 0. The summed E-state index contributed by atoms with van der Waals surface area (Å²) in [5.74, 6) is 0.868. The summed E-state index contributed by atoms with van der Waals surface area (Å²) < 4.78 is 11.7. The van der Waals surface area contributed by atoms with Crippen molar-refractivity contribution in [2.24, 2.45) is 0 Å². The van der Waals surface area contributed by atoms with E-state index in [1.807, 2.05) is 42.5 Å². The van der Waals surface area contributed by atoms with Crippen molar-refractivity contribution >= 4 is 28.4 Å². The van der Waals surface area contributed by atoms with E-state index in [2.05, 4.69) is 15.3 Å². The number of anilines is 1. The average molecular weight is 440 g/mol. The number of aromatic nitrogens is 2. The van der Waals surface area contributed by atoms with Crippen molar-refractivity contribution < 1.29 is 19.1 Å². The molecule has 1 atom stereocenters. The highest BCUT2D eigenvalue weighted by Gasteiger charge is 2.32. The summed E-state index contributed by atoms with van der Waals surface area (Å²) in [5.41, 5.74) is 1.51. The fourth-order valence-electron chi connectivity index (χ4n) is 3.73. The first-order chi connectivity index (χ1) is 16.1. The Balaban J connectivity index is 1.36. The van der Waals surface area contributed by atoms with Gasteiger partial charge in [0.15, 0.2) is 0 Å². The number of hydrogen-bond donors (Lipinski definition) is 1.